The maximum absolute atomic E-state index is 12.0. The van der Waals surface area contributed by atoms with Crippen molar-refractivity contribution in [3.8, 4) is 0 Å². The minimum Gasteiger partial charge on any atom is -0.466 e. The number of benzene rings is 2. The second-order valence-electron chi connectivity index (χ2n) is 7.13. The van der Waals surface area contributed by atoms with Gasteiger partial charge in [0, 0.05) is 17.5 Å². The van der Waals surface area contributed by atoms with Gasteiger partial charge in [0.15, 0.2) is 0 Å². The summed E-state index contributed by atoms with van der Waals surface area (Å²) >= 11 is 0. The molecule has 0 radical (unpaired) electrons. The Morgan fingerprint density at radius 1 is 1.30 bits per heavy atom. The van der Waals surface area contributed by atoms with E-state index in [1.807, 2.05) is 19.9 Å². The molecule has 2 unspecified atom stereocenters. The summed E-state index contributed by atoms with van der Waals surface area (Å²) in [5, 5.41) is 1.56. The van der Waals surface area contributed by atoms with E-state index in [1.165, 1.54) is 12.1 Å². The summed E-state index contributed by atoms with van der Waals surface area (Å²) in [5.74, 6) is -0.310. The van der Waals surface area contributed by atoms with Crippen LogP contribution in [0.2, 0.25) is 0 Å². The van der Waals surface area contributed by atoms with Crippen molar-refractivity contribution in [1.29, 1.82) is 0 Å². The molecule has 0 aliphatic carbocycles. The van der Waals surface area contributed by atoms with Crippen LogP contribution in [0.1, 0.15) is 39.7 Å². The first-order valence-corrected chi connectivity index (χ1v) is 10.3. The lowest BCUT2D eigenvalue weighted by atomic mass is 9.68. The first-order chi connectivity index (χ1) is 12.6. The molecular formula is C20H23NO5S. The normalized spacial score (nSPS) is 20.3. The molecule has 0 bridgehead atoms. The highest BCUT2D eigenvalue weighted by molar-refractivity contribution is 7.85. The second kappa shape index (κ2) is 6.73. The lowest BCUT2D eigenvalue weighted by Crippen LogP contribution is -2.36. The minimum absolute atomic E-state index is 0.0617. The Morgan fingerprint density at radius 3 is 2.63 bits per heavy atom. The number of hydrogen-bond acceptors (Lipinski definition) is 5. The lowest BCUT2D eigenvalue weighted by molar-refractivity contribution is -0.144. The predicted molar refractivity (Wildman–Crippen MR) is 104 cm³/mol. The molecule has 3 rings (SSSR count). The largest absolute Gasteiger partial charge is 0.466 e. The summed E-state index contributed by atoms with van der Waals surface area (Å²) in [6.07, 6.45) is 0.260. The Balaban J connectivity index is 2.14. The van der Waals surface area contributed by atoms with Crippen molar-refractivity contribution in [3.05, 3.63) is 35.9 Å². The van der Waals surface area contributed by atoms with Crippen molar-refractivity contribution >= 4 is 38.3 Å². The van der Waals surface area contributed by atoms with Gasteiger partial charge < -0.3 is 4.74 Å². The quantitative estimate of drug-likeness (QED) is 0.615. The fraction of sp³-hybridized carbons (Fsp3) is 0.400. The highest BCUT2D eigenvalue weighted by Gasteiger charge is 2.43. The smallest absolute Gasteiger partial charge is 0.306 e. The van der Waals surface area contributed by atoms with E-state index in [9.17, 15) is 17.8 Å². The zero-order valence-electron chi connectivity index (χ0n) is 15.8. The highest BCUT2D eigenvalue weighted by atomic mass is 32.2. The van der Waals surface area contributed by atoms with Crippen molar-refractivity contribution < 1.29 is 22.5 Å². The van der Waals surface area contributed by atoms with E-state index in [4.69, 9.17) is 9.73 Å². The Morgan fingerprint density at radius 2 is 2.00 bits per heavy atom. The molecule has 6 nitrogen and oxygen atoms in total. The van der Waals surface area contributed by atoms with Gasteiger partial charge in [-0.1, -0.05) is 19.1 Å². The molecule has 0 spiro atoms. The Labute approximate surface area is 159 Å². The van der Waals surface area contributed by atoms with Gasteiger partial charge in [-0.3, -0.25) is 14.3 Å². The monoisotopic (exact) mass is 389 g/mol. The molecule has 7 heteroatoms. The standard InChI is InChI=1S/C20H23NO5S/c1-5-26-18(22)10-12(2)20(4)13(3)21-17-9-6-14-11-15(27(23,24)25)7-8-16(14)19(17)20/h6-9,11-12H,5,10H2,1-4H3,(H,23,24,25). The number of nitrogens with zero attached hydrogens (tertiary/aromatic N) is 1. The van der Waals surface area contributed by atoms with Gasteiger partial charge in [-0.2, -0.15) is 8.42 Å². The lowest BCUT2D eigenvalue weighted by Gasteiger charge is -2.33. The first kappa shape index (κ1) is 19.5. The van der Waals surface area contributed by atoms with Crippen molar-refractivity contribution in [3.63, 3.8) is 0 Å². The first-order valence-electron chi connectivity index (χ1n) is 8.85. The van der Waals surface area contributed by atoms with Crippen LogP contribution in [-0.4, -0.2) is 31.3 Å². The maximum Gasteiger partial charge on any atom is 0.306 e. The van der Waals surface area contributed by atoms with E-state index in [-0.39, 0.29) is 23.2 Å². The van der Waals surface area contributed by atoms with Gasteiger partial charge >= 0.3 is 5.97 Å². The Bertz CT molecular complexity index is 1060. The highest BCUT2D eigenvalue weighted by Crippen LogP contribution is 2.49. The summed E-state index contributed by atoms with van der Waals surface area (Å²) in [6.45, 7) is 8.11. The fourth-order valence-corrected chi connectivity index (χ4v) is 4.37. The third-order valence-electron chi connectivity index (χ3n) is 5.59. The molecule has 1 aliphatic rings. The minimum atomic E-state index is -4.28. The molecule has 0 amide bonds. The fourth-order valence-electron chi connectivity index (χ4n) is 3.85. The number of carbonyl (C=O) groups is 1. The van der Waals surface area contributed by atoms with Gasteiger partial charge in [-0.15, -0.1) is 0 Å². The number of ether oxygens (including phenoxy) is 1. The molecule has 144 valence electrons. The molecule has 2 aromatic carbocycles. The maximum atomic E-state index is 12.0. The topological polar surface area (TPSA) is 93.0 Å². The molecule has 1 aliphatic heterocycles. The molecule has 2 atom stereocenters. The molecule has 0 saturated heterocycles. The Kier molecular flexibility index (Phi) is 4.86. The van der Waals surface area contributed by atoms with E-state index in [0.29, 0.717) is 12.0 Å². The van der Waals surface area contributed by atoms with E-state index >= 15 is 0 Å². The number of carbonyl (C=O) groups excluding carboxylic acids is 1. The number of rotatable bonds is 5. The molecule has 0 saturated carbocycles. The second-order valence-corrected chi connectivity index (χ2v) is 8.55. The van der Waals surface area contributed by atoms with Crippen LogP contribution in [0, 0.1) is 5.92 Å². The van der Waals surface area contributed by atoms with Gasteiger partial charge in [-0.05, 0) is 61.2 Å². The Hall–Kier alpha value is -2.25. The van der Waals surface area contributed by atoms with Crippen molar-refractivity contribution in [2.75, 3.05) is 6.61 Å². The molecule has 0 fully saturated rings. The van der Waals surface area contributed by atoms with Crippen LogP contribution in [0.25, 0.3) is 10.8 Å². The van der Waals surface area contributed by atoms with Gasteiger partial charge in [-0.25, -0.2) is 0 Å². The number of esters is 1. The summed E-state index contributed by atoms with van der Waals surface area (Å²) in [5.41, 5.74) is 2.20. The summed E-state index contributed by atoms with van der Waals surface area (Å²) in [7, 11) is -4.28. The van der Waals surface area contributed by atoms with Crippen molar-refractivity contribution in [2.45, 2.75) is 44.4 Å². The summed E-state index contributed by atoms with van der Waals surface area (Å²) < 4.78 is 37.4. The van der Waals surface area contributed by atoms with Crippen LogP contribution in [0.5, 0.6) is 0 Å². The van der Waals surface area contributed by atoms with Crippen LogP contribution in [0.4, 0.5) is 5.69 Å². The number of hydrogen-bond donors (Lipinski definition) is 1. The van der Waals surface area contributed by atoms with Crippen molar-refractivity contribution in [1.82, 2.24) is 0 Å². The van der Waals surface area contributed by atoms with Crippen LogP contribution >= 0.6 is 0 Å². The predicted octanol–water partition coefficient (Wildman–Crippen LogP) is 4.04. The van der Waals surface area contributed by atoms with E-state index in [2.05, 4.69) is 6.92 Å². The van der Waals surface area contributed by atoms with Gasteiger partial charge in [0.05, 0.1) is 17.2 Å². The van der Waals surface area contributed by atoms with Gasteiger partial charge in [0.2, 0.25) is 0 Å². The average Bonchev–Trinajstić information content (AvgIpc) is 2.86. The molecule has 0 aromatic heterocycles. The zero-order chi connectivity index (χ0) is 20.0. The van der Waals surface area contributed by atoms with Gasteiger partial charge in [0.1, 0.15) is 0 Å². The molecule has 1 heterocycles. The summed E-state index contributed by atoms with van der Waals surface area (Å²) in [6, 6.07) is 8.18. The van der Waals surface area contributed by atoms with Crippen LogP contribution in [0.15, 0.2) is 40.2 Å². The van der Waals surface area contributed by atoms with E-state index in [0.717, 1.165) is 22.3 Å². The van der Waals surface area contributed by atoms with E-state index < -0.39 is 15.5 Å². The molecule has 27 heavy (non-hydrogen) atoms. The number of fused-ring (bicyclic) bond motifs is 3. The molecule has 2 aromatic rings. The van der Waals surface area contributed by atoms with Crippen molar-refractivity contribution in [2.24, 2.45) is 10.9 Å². The van der Waals surface area contributed by atoms with Gasteiger partial charge in [0.25, 0.3) is 10.1 Å². The SMILES string of the molecule is CCOC(=O)CC(C)C1(C)C(C)=Nc2ccc3cc(S(=O)(=O)O)ccc3c21. The van der Waals surface area contributed by atoms with Crippen LogP contribution in [-0.2, 0) is 25.1 Å². The third-order valence-corrected chi connectivity index (χ3v) is 6.44. The average molecular weight is 389 g/mol. The number of aliphatic imine (C=N–C) groups is 1. The van der Waals surface area contributed by atoms with Crippen LogP contribution in [0.3, 0.4) is 0 Å². The third kappa shape index (κ3) is 3.26. The zero-order valence-corrected chi connectivity index (χ0v) is 16.6. The summed E-state index contributed by atoms with van der Waals surface area (Å²) in [4.78, 5) is 16.6. The van der Waals surface area contributed by atoms with E-state index in [1.54, 1.807) is 19.1 Å². The van der Waals surface area contributed by atoms with Crippen LogP contribution < -0.4 is 0 Å². The molecule has 1 N–H and O–H groups in total. The molecular weight excluding hydrogens is 366 g/mol.